The van der Waals surface area contributed by atoms with E-state index in [2.05, 4.69) is 28.4 Å². The minimum Gasteiger partial charge on any atom is -0.497 e. The Balaban J connectivity index is 1.40. The number of para-hydroxylation sites is 1. The maximum atomic E-state index is 13.2. The van der Waals surface area contributed by atoms with E-state index in [9.17, 15) is 4.79 Å². The largest absolute Gasteiger partial charge is 0.497 e. The van der Waals surface area contributed by atoms with Crippen molar-refractivity contribution >= 4 is 17.6 Å². The Morgan fingerprint density at radius 2 is 2.07 bits per heavy atom. The van der Waals surface area contributed by atoms with Crippen molar-refractivity contribution in [2.24, 2.45) is 4.99 Å². The first-order valence-electron chi connectivity index (χ1n) is 10.5. The van der Waals surface area contributed by atoms with Gasteiger partial charge >= 0.3 is 6.03 Å². The number of amides is 2. The lowest BCUT2D eigenvalue weighted by molar-refractivity contribution is 0.132. The van der Waals surface area contributed by atoms with Crippen molar-refractivity contribution in [3.05, 3.63) is 59.7 Å². The first kappa shape index (κ1) is 19.1. The lowest BCUT2D eigenvalue weighted by Crippen LogP contribution is -2.57. The van der Waals surface area contributed by atoms with Crippen molar-refractivity contribution < 1.29 is 9.53 Å². The van der Waals surface area contributed by atoms with Gasteiger partial charge in [0.25, 0.3) is 0 Å². The van der Waals surface area contributed by atoms with E-state index < -0.39 is 0 Å². The Morgan fingerprint density at radius 3 is 2.93 bits per heavy atom. The molecular formula is C23H27N5O2. The zero-order valence-corrected chi connectivity index (χ0v) is 17.4. The number of anilines is 1. The van der Waals surface area contributed by atoms with Gasteiger partial charge in [-0.25, -0.2) is 4.79 Å². The molecule has 7 heteroatoms. The van der Waals surface area contributed by atoms with Crippen LogP contribution in [0.4, 0.5) is 10.5 Å². The molecule has 0 bridgehead atoms. The summed E-state index contributed by atoms with van der Waals surface area (Å²) in [6, 6.07) is 16.6. The number of amidine groups is 1. The number of fused-ring (bicyclic) bond motifs is 3. The van der Waals surface area contributed by atoms with Crippen molar-refractivity contribution in [1.82, 2.24) is 15.1 Å². The smallest absolute Gasteiger partial charge is 0.330 e. The van der Waals surface area contributed by atoms with Gasteiger partial charge in [-0.3, -0.25) is 19.7 Å². The number of nitrogens with zero attached hydrogens (tertiary/aromatic N) is 4. The molecule has 2 aromatic carbocycles. The second kappa shape index (κ2) is 7.74. The van der Waals surface area contributed by atoms with Gasteiger partial charge < -0.3 is 10.1 Å². The molecule has 3 aliphatic heterocycles. The molecule has 1 fully saturated rings. The quantitative estimate of drug-likeness (QED) is 0.848. The van der Waals surface area contributed by atoms with Gasteiger partial charge in [0.1, 0.15) is 11.6 Å². The molecule has 2 atom stereocenters. The Morgan fingerprint density at radius 1 is 1.20 bits per heavy atom. The number of aliphatic imine (C=N–C) groups is 1. The fourth-order valence-electron chi connectivity index (χ4n) is 4.76. The predicted octanol–water partition coefficient (Wildman–Crippen LogP) is 2.34. The molecule has 0 aliphatic carbocycles. The van der Waals surface area contributed by atoms with Crippen molar-refractivity contribution in [2.45, 2.75) is 12.1 Å². The number of nitrogens with one attached hydrogen (secondary N) is 1. The molecule has 30 heavy (non-hydrogen) atoms. The summed E-state index contributed by atoms with van der Waals surface area (Å²) in [4.78, 5) is 24.1. The number of urea groups is 1. The normalized spacial score (nSPS) is 23.8. The molecule has 2 amide bonds. The molecule has 0 radical (unpaired) electrons. The molecule has 7 nitrogen and oxygen atoms in total. The number of piperazine rings is 1. The van der Waals surface area contributed by atoms with E-state index in [-0.39, 0.29) is 18.1 Å². The topological polar surface area (TPSA) is 60.4 Å². The Kier molecular flexibility index (Phi) is 4.92. The third-order valence-electron chi connectivity index (χ3n) is 6.32. The summed E-state index contributed by atoms with van der Waals surface area (Å²) >= 11 is 0. The Labute approximate surface area is 176 Å². The third-order valence-corrected chi connectivity index (χ3v) is 6.32. The molecule has 5 rings (SSSR count). The summed E-state index contributed by atoms with van der Waals surface area (Å²) in [6.45, 7) is 4.18. The van der Waals surface area contributed by atoms with Crippen molar-refractivity contribution in [1.29, 1.82) is 0 Å². The Bertz CT molecular complexity index is 991. The van der Waals surface area contributed by atoms with Crippen LogP contribution in [0.3, 0.4) is 0 Å². The molecule has 156 valence electrons. The van der Waals surface area contributed by atoms with Crippen LogP contribution >= 0.6 is 0 Å². The fourth-order valence-corrected chi connectivity index (χ4v) is 4.76. The number of carbonyl (C=O) groups is 1. The first-order chi connectivity index (χ1) is 14.7. The average molecular weight is 406 g/mol. The van der Waals surface area contributed by atoms with E-state index in [4.69, 9.17) is 9.73 Å². The molecule has 3 heterocycles. The lowest BCUT2D eigenvalue weighted by Gasteiger charge is -2.41. The highest BCUT2D eigenvalue weighted by atomic mass is 16.5. The standard InChI is InChI=1S/C23H27N5O2/c1-26-20-9-4-3-8-19(20)22-25-13-17(28(22)23(26)29)15-27-11-10-24-14-21(27)16-6-5-7-18(12-16)30-2/h3-9,12,17,21,24H,10-11,13-15H2,1-2H3. The highest BCUT2D eigenvalue weighted by molar-refractivity contribution is 6.19. The monoisotopic (exact) mass is 405 g/mol. The van der Waals surface area contributed by atoms with E-state index in [0.29, 0.717) is 6.54 Å². The SMILES string of the molecule is COc1cccc(C2CNCCN2CC2CN=C3c4ccccc4N(C)C(=O)N32)c1. The third kappa shape index (κ3) is 3.14. The van der Waals surface area contributed by atoms with Crippen LogP contribution in [0.5, 0.6) is 5.75 Å². The molecule has 1 saturated heterocycles. The summed E-state index contributed by atoms with van der Waals surface area (Å²) < 4.78 is 5.43. The van der Waals surface area contributed by atoms with E-state index in [1.54, 1.807) is 12.0 Å². The minimum absolute atomic E-state index is 0.00279. The van der Waals surface area contributed by atoms with Gasteiger partial charge in [0.2, 0.25) is 0 Å². The molecule has 2 aromatic rings. The number of hydrogen-bond donors (Lipinski definition) is 1. The van der Waals surface area contributed by atoms with Crippen molar-refractivity contribution in [3.8, 4) is 5.75 Å². The van der Waals surface area contributed by atoms with E-state index in [0.717, 1.165) is 49.0 Å². The van der Waals surface area contributed by atoms with Gasteiger partial charge in [-0.1, -0.05) is 24.3 Å². The van der Waals surface area contributed by atoms with Crippen LogP contribution in [-0.4, -0.2) is 74.6 Å². The maximum Gasteiger partial charge on any atom is 0.330 e. The molecule has 1 N–H and O–H groups in total. The van der Waals surface area contributed by atoms with Crippen LogP contribution in [0.15, 0.2) is 53.5 Å². The second-order valence-electron chi connectivity index (χ2n) is 8.04. The van der Waals surface area contributed by atoms with Gasteiger partial charge in [-0.15, -0.1) is 0 Å². The van der Waals surface area contributed by atoms with Crippen molar-refractivity contribution in [3.63, 3.8) is 0 Å². The van der Waals surface area contributed by atoms with Crippen molar-refractivity contribution in [2.75, 3.05) is 51.8 Å². The van der Waals surface area contributed by atoms with E-state index in [1.165, 1.54) is 5.56 Å². The number of benzene rings is 2. The van der Waals surface area contributed by atoms with E-state index >= 15 is 0 Å². The summed E-state index contributed by atoms with van der Waals surface area (Å²) in [5, 5.41) is 3.51. The summed E-state index contributed by atoms with van der Waals surface area (Å²) in [6.07, 6.45) is 0. The number of hydrogen-bond acceptors (Lipinski definition) is 5. The van der Waals surface area contributed by atoms with Crippen LogP contribution in [0.1, 0.15) is 17.2 Å². The second-order valence-corrected chi connectivity index (χ2v) is 8.04. The molecule has 0 saturated carbocycles. The number of methoxy groups -OCH3 is 1. The molecule has 0 aromatic heterocycles. The van der Waals surface area contributed by atoms with Crippen LogP contribution in [0, 0.1) is 0 Å². The molecular weight excluding hydrogens is 378 g/mol. The maximum absolute atomic E-state index is 13.2. The summed E-state index contributed by atoms with van der Waals surface area (Å²) in [7, 11) is 3.54. The summed E-state index contributed by atoms with van der Waals surface area (Å²) in [5.41, 5.74) is 3.19. The molecule has 2 unspecified atom stereocenters. The predicted molar refractivity (Wildman–Crippen MR) is 117 cm³/mol. The number of ether oxygens (including phenoxy) is 1. The lowest BCUT2D eigenvalue weighted by atomic mass is 10.0. The van der Waals surface area contributed by atoms with Crippen LogP contribution < -0.4 is 15.0 Å². The van der Waals surface area contributed by atoms with Gasteiger partial charge in [0, 0.05) is 44.8 Å². The molecule has 3 aliphatic rings. The van der Waals surface area contributed by atoms with Gasteiger partial charge in [0.05, 0.1) is 25.4 Å². The zero-order valence-electron chi connectivity index (χ0n) is 17.4. The van der Waals surface area contributed by atoms with Crippen LogP contribution in [0.25, 0.3) is 0 Å². The van der Waals surface area contributed by atoms with Crippen LogP contribution in [0.2, 0.25) is 0 Å². The minimum atomic E-state index is 0.00279. The average Bonchev–Trinajstić information content (AvgIpc) is 3.22. The zero-order chi connectivity index (χ0) is 20.7. The number of rotatable bonds is 4. The first-order valence-corrected chi connectivity index (χ1v) is 10.5. The fraction of sp³-hybridized carbons (Fsp3) is 0.391. The molecule has 0 spiro atoms. The summed E-state index contributed by atoms with van der Waals surface area (Å²) in [5.74, 6) is 1.68. The number of carbonyl (C=O) groups excluding carboxylic acids is 1. The van der Waals surface area contributed by atoms with Gasteiger partial charge in [-0.05, 0) is 29.8 Å². The van der Waals surface area contributed by atoms with Gasteiger partial charge in [0.15, 0.2) is 0 Å². The van der Waals surface area contributed by atoms with Crippen LogP contribution in [-0.2, 0) is 0 Å². The highest BCUT2D eigenvalue weighted by Gasteiger charge is 2.42. The van der Waals surface area contributed by atoms with Gasteiger partial charge in [-0.2, -0.15) is 0 Å². The highest BCUT2D eigenvalue weighted by Crippen LogP contribution is 2.33. The van der Waals surface area contributed by atoms with E-state index in [1.807, 2.05) is 42.3 Å². The Hall–Kier alpha value is -2.90.